The predicted octanol–water partition coefficient (Wildman–Crippen LogP) is 5.08. The third-order valence-electron chi connectivity index (χ3n) is 5.69. The summed E-state index contributed by atoms with van der Waals surface area (Å²) in [5.74, 6) is 2.15. The molecule has 0 aliphatic heterocycles. The zero-order chi connectivity index (χ0) is 20.8. The lowest BCUT2D eigenvalue weighted by Crippen LogP contribution is -1.98. The van der Waals surface area contributed by atoms with Crippen LogP contribution in [0.3, 0.4) is 0 Å². The summed E-state index contributed by atoms with van der Waals surface area (Å²) in [4.78, 5) is 12.0. The van der Waals surface area contributed by atoms with Gasteiger partial charge in [0.1, 0.15) is 17.8 Å². The molecular formula is C24H20N4O2S. The Morgan fingerprint density at radius 3 is 2.87 bits per heavy atom. The summed E-state index contributed by atoms with van der Waals surface area (Å²) in [6.45, 7) is 0.436. The summed E-state index contributed by atoms with van der Waals surface area (Å²) < 4.78 is 13.2. The lowest BCUT2D eigenvalue weighted by molar-refractivity contribution is 0.284. The maximum absolute atomic E-state index is 5.98. The minimum Gasteiger partial charge on any atom is -0.493 e. The minimum absolute atomic E-state index is 0.436. The van der Waals surface area contributed by atoms with Crippen molar-refractivity contribution in [1.82, 2.24) is 19.6 Å². The van der Waals surface area contributed by atoms with Gasteiger partial charge in [0.15, 0.2) is 23.0 Å². The van der Waals surface area contributed by atoms with Gasteiger partial charge in [0.25, 0.3) is 0 Å². The van der Waals surface area contributed by atoms with Crippen molar-refractivity contribution in [2.45, 2.75) is 25.9 Å². The topological polar surface area (TPSA) is 61.5 Å². The fraction of sp³-hybridized carbons (Fsp3) is 0.208. The first kappa shape index (κ1) is 18.3. The van der Waals surface area contributed by atoms with Crippen LogP contribution in [0.1, 0.15) is 22.4 Å². The number of fused-ring (bicyclic) bond motifs is 5. The number of para-hydroxylation sites is 2. The second-order valence-electron chi connectivity index (χ2n) is 7.63. The van der Waals surface area contributed by atoms with Gasteiger partial charge in [-0.05, 0) is 48.6 Å². The van der Waals surface area contributed by atoms with Gasteiger partial charge in [0, 0.05) is 10.4 Å². The predicted molar refractivity (Wildman–Crippen MR) is 121 cm³/mol. The summed E-state index contributed by atoms with van der Waals surface area (Å²) in [6.07, 6.45) is 5.24. The van der Waals surface area contributed by atoms with Crippen LogP contribution in [0.2, 0.25) is 0 Å². The molecule has 3 aromatic heterocycles. The average Bonchev–Trinajstić information content (AvgIpc) is 3.51. The number of rotatable bonds is 5. The van der Waals surface area contributed by atoms with Gasteiger partial charge < -0.3 is 9.47 Å². The summed E-state index contributed by atoms with van der Waals surface area (Å²) in [6, 6.07) is 15.8. The van der Waals surface area contributed by atoms with Crippen molar-refractivity contribution < 1.29 is 9.47 Å². The quantitative estimate of drug-likeness (QED) is 0.391. The van der Waals surface area contributed by atoms with E-state index >= 15 is 0 Å². The molecule has 3 heterocycles. The van der Waals surface area contributed by atoms with Crippen molar-refractivity contribution >= 4 is 27.2 Å². The van der Waals surface area contributed by atoms with Crippen LogP contribution in [0.5, 0.6) is 11.5 Å². The fourth-order valence-corrected chi connectivity index (χ4v) is 5.44. The third kappa shape index (κ3) is 3.13. The first-order valence-electron chi connectivity index (χ1n) is 10.3. The number of nitrogens with zero attached hydrogens (tertiary/aromatic N) is 4. The van der Waals surface area contributed by atoms with Gasteiger partial charge >= 0.3 is 0 Å². The average molecular weight is 429 g/mol. The number of methoxy groups -OCH3 is 1. The Kier molecular flexibility index (Phi) is 4.35. The largest absolute Gasteiger partial charge is 0.493 e. The summed E-state index contributed by atoms with van der Waals surface area (Å²) in [5.41, 5.74) is 4.32. The minimum atomic E-state index is 0.436. The van der Waals surface area contributed by atoms with Crippen molar-refractivity contribution in [3.63, 3.8) is 0 Å². The maximum Gasteiger partial charge on any atom is 0.182 e. The number of ether oxygens (including phenoxy) is 2. The van der Waals surface area contributed by atoms with Crippen LogP contribution in [-0.2, 0) is 19.4 Å². The van der Waals surface area contributed by atoms with Gasteiger partial charge in [-0.1, -0.05) is 30.3 Å². The highest BCUT2D eigenvalue weighted by molar-refractivity contribution is 7.19. The van der Waals surface area contributed by atoms with Gasteiger partial charge in [0.2, 0.25) is 0 Å². The Bertz CT molecular complexity index is 1420. The van der Waals surface area contributed by atoms with Crippen molar-refractivity contribution in [1.29, 1.82) is 0 Å². The van der Waals surface area contributed by atoms with E-state index in [1.54, 1.807) is 29.3 Å². The third-order valence-corrected chi connectivity index (χ3v) is 6.89. The van der Waals surface area contributed by atoms with E-state index in [0.29, 0.717) is 12.4 Å². The summed E-state index contributed by atoms with van der Waals surface area (Å²) in [7, 11) is 1.65. The fourth-order valence-electron chi connectivity index (χ4n) is 4.21. The molecule has 0 spiro atoms. The molecule has 0 saturated carbocycles. The molecule has 0 atom stereocenters. The Balaban J connectivity index is 1.34. The second-order valence-corrected chi connectivity index (χ2v) is 8.71. The van der Waals surface area contributed by atoms with E-state index < -0.39 is 0 Å². The highest BCUT2D eigenvalue weighted by Gasteiger charge is 2.22. The normalized spacial score (nSPS) is 13.1. The smallest absolute Gasteiger partial charge is 0.182 e. The van der Waals surface area contributed by atoms with Crippen molar-refractivity contribution in [3.8, 4) is 22.9 Å². The molecule has 6 nitrogen and oxygen atoms in total. The summed E-state index contributed by atoms with van der Waals surface area (Å²) in [5, 5.41) is 5.89. The van der Waals surface area contributed by atoms with Crippen LogP contribution in [-0.4, -0.2) is 26.7 Å². The molecule has 0 amide bonds. The lowest BCUT2D eigenvalue weighted by Gasteiger charge is -2.10. The molecule has 0 saturated heterocycles. The van der Waals surface area contributed by atoms with Crippen molar-refractivity contribution in [3.05, 3.63) is 70.9 Å². The molecule has 0 bridgehead atoms. The highest BCUT2D eigenvalue weighted by atomic mass is 32.1. The lowest BCUT2D eigenvalue weighted by atomic mass is 10.1. The number of thiophene rings is 1. The Morgan fingerprint density at radius 2 is 1.97 bits per heavy atom. The van der Waals surface area contributed by atoms with E-state index in [1.165, 1.54) is 22.2 Å². The van der Waals surface area contributed by atoms with Crippen LogP contribution < -0.4 is 9.47 Å². The monoisotopic (exact) mass is 428 g/mol. The number of hydrogen-bond donors (Lipinski definition) is 0. The van der Waals surface area contributed by atoms with Crippen molar-refractivity contribution in [2.24, 2.45) is 0 Å². The van der Waals surface area contributed by atoms with E-state index in [4.69, 9.17) is 19.6 Å². The number of hydrogen-bond acceptors (Lipinski definition) is 6. The molecule has 2 aromatic carbocycles. The molecule has 1 aliphatic carbocycles. The second kappa shape index (κ2) is 7.35. The van der Waals surface area contributed by atoms with Crippen LogP contribution >= 0.6 is 11.3 Å². The molecule has 0 unspecified atom stereocenters. The van der Waals surface area contributed by atoms with Gasteiger partial charge in [0.05, 0.1) is 12.5 Å². The zero-order valence-electron chi connectivity index (χ0n) is 17.0. The van der Waals surface area contributed by atoms with Crippen LogP contribution in [0, 0.1) is 0 Å². The zero-order valence-corrected chi connectivity index (χ0v) is 17.9. The first-order valence-corrected chi connectivity index (χ1v) is 11.1. The van der Waals surface area contributed by atoms with E-state index in [1.807, 2.05) is 42.5 Å². The highest BCUT2D eigenvalue weighted by Crippen LogP contribution is 2.38. The van der Waals surface area contributed by atoms with E-state index in [0.717, 1.165) is 45.9 Å². The summed E-state index contributed by atoms with van der Waals surface area (Å²) >= 11 is 1.80. The molecule has 5 aromatic rings. The number of aromatic nitrogens is 4. The molecule has 0 fully saturated rings. The molecule has 31 heavy (non-hydrogen) atoms. The van der Waals surface area contributed by atoms with E-state index in [-0.39, 0.29) is 0 Å². The number of aryl methyl sites for hydroxylation is 2. The van der Waals surface area contributed by atoms with Gasteiger partial charge in [-0.15, -0.1) is 16.4 Å². The Labute approximate surface area is 183 Å². The van der Waals surface area contributed by atoms with E-state index in [9.17, 15) is 0 Å². The van der Waals surface area contributed by atoms with Crippen LogP contribution in [0.15, 0.2) is 54.9 Å². The van der Waals surface area contributed by atoms with Crippen LogP contribution in [0.4, 0.5) is 0 Å². The molecule has 6 rings (SSSR count). The standard InChI is InChI=1S/C24H20N4O2S/c1-29-18-9-2-3-10-19(18)30-13-15-6-4-7-16(12-15)22-26-23-21-17-8-5-11-20(17)31-24(21)25-14-28(23)27-22/h2-4,6-7,9-10,12,14H,5,8,11,13H2,1H3. The molecule has 154 valence electrons. The number of benzene rings is 2. The maximum atomic E-state index is 5.98. The SMILES string of the molecule is COc1ccccc1OCc1cccc(-c2nc3c4c5c(sc4ncn3n2)CCC5)c1. The van der Waals surface area contributed by atoms with Gasteiger partial charge in [-0.3, -0.25) is 0 Å². The molecule has 1 aliphatic rings. The Morgan fingerprint density at radius 1 is 1.06 bits per heavy atom. The molecule has 7 heteroatoms. The Hall–Kier alpha value is -3.45. The first-order chi connectivity index (χ1) is 15.3. The van der Waals surface area contributed by atoms with Crippen LogP contribution in [0.25, 0.3) is 27.3 Å². The van der Waals surface area contributed by atoms with Gasteiger partial charge in [-0.2, -0.15) is 0 Å². The molecule has 0 radical (unpaired) electrons. The van der Waals surface area contributed by atoms with Crippen molar-refractivity contribution in [2.75, 3.05) is 7.11 Å². The molecule has 0 N–H and O–H groups in total. The van der Waals surface area contributed by atoms with E-state index in [2.05, 4.69) is 11.1 Å². The molecular weight excluding hydrogens is 408 g/mol. The van der Waals surface area contributed by atoms with Gasteiger partial charge in [-0.25, -0.2) is 14.5 Å².